The minimum Gasteiger partial charge on any atom is -0.482 e. The molecule has 2 aromatic heterocycles. The smallest absolute Gasteiger partial charge is 0.354 e. The number of hydrogen-bond donors (Lipinski definition) is 4. The summed E-state index contributed by atoms with van der Waals surface area (Å²) in [6, 6.07) is 7.63. The summed E-state index contributed by atoms with van der Waals surface area (Å²) in [4.78, 5) is 39.6. The van der Waals surface area contributed by atoms with Crippen molar-refractivity contribution in [3.8, 4) is 5.75 Å². The van der Waals surface area contributed by atoms with Gasteiger partial charge < -0.3 is 25.9 Å². The van der Waals surface area contributed by atoms with Crippen molar-refractivity contribution in [2.45, 2.75) is 6.54 Å². The van der Waals surface area contributed by atoms with Crippen molar-refractivity contribution in [2.24, 2.45) is 0 Å². The van der Waals surface area contributed by atoms with Gasteiger partial charge in [-0.05, 0) is 17.7 Å². The number of aromatic nitrogens is 3. The van der Waals surface area contributed by atoms with E-state index >= 15 is 0 Å². The summed E-state index contributed by atoms with van der Waals surface area (Å²) in [6.45, 7) is 0.0830. The van der Waals surface area contributed by atoms with Gasteiger partial charge in [-0.1, -0.05) is 6.07 Å². The molecule has 29 heavy (non-hydrogen) atoms. The highest BCUT2D eigenvalue weighted by Crippen LogP contribution is 2.28. The lowest BCUT2D eigenvalue weighted by Crippen LogP contribution is -2.27. The Labute approximate surface area is 162 Å². The van der Waals surface area contributed by atoms with Crippen LogP contribution in [0.4, 0.5) is 5.69 Å². The van der Waals surface area contributed by atoms with Crippen molar-refractivity contribution in [3.63, 3.8) is 0 Å². The molecule has 3 heterocycles. The number of carboxylic acids is 1. The number of carbonyl (C=O) groups excluding carboxylic acids is 2. The molecule has 0 saturated carbocycles. The number of nitrogens with one attached hydrogen (secondary N) is 3. The van der Waals surface area contributed by atoms with Gasteiger partial charge in [0.1, 0.15) is 17.1 Å². The first kappa shape index (κ1) is 18.1. The Hall–Kier alpha value is -4.28. The lowest BCUT2D eigenvalue weighted by molar-refractivity contribution is -0.118. The Morgan fingerprint density at radius 3 is 2.93 bits per heavy atom. The molecule has 1 aliphatic heterocycles. The van der Waals surface area contributed by atoms with Crippen LogP contribution in [-0.2, 0) is 11.3 Å². The lowest BCUT2D eigenvalue weighted by atomic mass is 10.1. The molecular formula is C18H14N6O5. The van der Waals surface area contributed by atoms with Crippen LogP contribution in [0.2, 0.25) is 0 Å². The number of rotatable bonds is 5. The van der Waals surface area contributed by atoms with E-state index in [1.165, 1.54) is 6.07 Å². The molecule has 0 radical (unpaired) electrons. The van der Waals surface area contributed by atoms with Crippen molar-refractivity contribution >= 4 is 35.3 Å². The summed E-state index contributed by atoms with van der Waals surface area (Å²) in [6.07, 6.45) is 0.957. The number of amides is 2. The highest BCUT2D eigenvalue weighted by atomic mass is 16.5. The first-order valence-electron chi connectivity index (χ1n) is 8.43. The van der Waals surface area contributed by atoms with Gasteiger partial charge in [-0.2, -0.15) is 5.10 Å². The van der Waals surface area contributed by atoms with E-state index in [1.807, 2.05) is 0 Å². The summed E-state index contributed by atoms with van der Waals surface area (Å²) in [5.41, 5.74) is 1.23. The number of aromatic carboxylic acids is 1. The second-order valence-electron chi connectivity index (χ2n) is 6.17. The summed E-state index contributed by atoms with van der Waals surface area (Å²) in [5.74, 6) is -1.58. The van der Waals surface area contributed by atoms with Crippen molar-refractivity contribution in [3.05, 3.63) is 53.0 Å². The number of anilines is 1. The molecule has 0 atom stereocenters. The summed E-state index contributed by atoms with van der Waals surface area (Å²) < 4.78 is 6.35. The molecule has 0 fully saturated rings. The average molecular weight is 394 g/mol. The second kappa shape index (κ2) is 7.03. The number of carbonyl (C=O) groups is 3. The average Bonchev–Trinajstić information content (AvgIpc) is 3.14. The number of fused-ring (bicyclic) bond motifs is 2. The zero-order chi connectivity index (χ0) is 20.5. The molecule has 3 aromatic rings. The number of hydrogen-bond acceptors (Lipinski definition) is 7. The normalized spacial score (nSPS) is 12.6. The molecule has 2 amide bonds. The van der Waals surface area contributed by atoms with Crippen LogP contribution in [-0.4, -0.2) is 50.3 Å². The molecule has 0 unspecified atom stereocenters. The van der Waals surface area contributed by atoms with Crippen LogP contribution in [0.5, 0.6) is 5.75 Å². The first-order chi connectivity index (χ1) is 13.9. The van der Waals surface area contributed by atoms with Gasteiger partial charge in [-0.15, -0.1) is 0 Å². The zero-order valence-electron chi connectivity index (χ0n) is 14.8. The van der Waals surface area contributed by atoms with E-state index in [9.17, 15) is 19.5 Å². The molecule has 1 aromatic carbocycles. The standard InChI is InChI=1S/C18H14N6O5/c19-6-10-4-15-21-12(5-13(18(27)28)24(15)23-10)17(26)20-7-9-1-2-14-11(3-9)22-16(25)8-29-14/h1-6,19H,7-8H2,(H,20,26)(H,22,25)(H,27,28). The largest absolute Gasteiger partial charge is 0.482 e. The molecule has 0 aliphatic carbocycles. The van der Waals surface area contributed by atoms with Gasteiger partial charge in [0.25, 0.3) is 11.8 Å². The van der Waals surface area contributed by atoms with E-state index in [0.717, 1.165) is 16.8 Å². The third kappa shape index (κ3) is 3.48. The minimum absolute atomic E-state index is 0.0442. The maximum absolute atomic E-state index is 12.5. The SMILES string of the molecule is N=Cc1cc2nc(C(=O)NCc3ccc4c(c3)NC(=O)CO4)cc(C(=O)O)n2n1. The molecular weight excluding hydrogens is 380 g/mol. The van der Waals surface area contributed by atoms with E-state index in [2.05, 4.69) is 20.7 Å². The van der Waals surface area contributed by atoms with Gasteiger partial charge in [-0.3, -0.25) is 9.59 Å². The Morgan fingerprint density at radius 1 is 1.34 bits per heavy atom. The van der Waals surface area contributed by atoms with Crippen LogP contribution in [0.25, 0.3) is 5.65 Å². The van der Waals surface area contributed by atoms with Crippen molar-refractivity contribution < 1.29 is 24.2 Å². The van der Waals surface area contributed by atoms with Gasteiger partial charge in [-0.25, -0.2) is 14.3 Å². The Morgan fingerprint density at radius 2 is 2.17 bits per heavy atom. The third-order valence-electron chi connectivity index (χ3n) is 4.18. The van der Waals surface area contributed by atoms with Crippen LogP contribution in [0.15, 0.2) is 30.3 Å². The highest BCUT2D eigenvalue weighted by molar-refractivity contribution is 5.97. The van der Waals surface area contributed by atoms with Crippen molar-refractivity contribution in [2.75, 3.05) is 11.9 Å². The summed E-state index contributed by atoms with van der Waals surface area (Å²) >= 11 is 0. The maximum atomic E-state index is 12.5. The van der Waals surface area contributed by atoms with Crippen molar-refractivity contribution in [1.82, 2.24) is 19.9 Å². The van der Waals surface area contributed by atoms with E-state index in [0.29, 0.717) is 17.0 Å². The molecule has 11 nitrogen and oxygen atoms in total. The molecule has 0 saturated heterocycles. The van der Waals surface area contributed by atoms with Gasteiger partial charge in [0.2, 0.25) is 0 Å². The number of ether oxygens (including phenoxy) is 1. The fourth-order valence-corrected chi connectivity index (χ4v) is 2.84. The molecule has 4 rings (SSSR count). The maximum Gasteiger partial charge on any atom is 0.354 e. The number of nitrogens with zero attached hydrogens (tertiary/aromatic N) is 3. The summed E-state index contributed by atoms with van der Waals surface area (Å²) in [5, 5.41) is 25.9. The first-order valence-corrected chi connectivity index (χ1v) is 8.43. The van der Waals surface area contributed by atoms with Gasteiger partial charge >= 0.3 is 5.97 Å². The zero-order valence-corrected chi connectivity index (χ0v) is 14.8. The number of carboxylic acid groups (broad SMARTS) is 1. The van der Waals surface area contributed by atoms with Crippen LogP contribution in [0, 0.1) is 5.41 Å². The predicted octanol–water partition coefficient (Wildman–Crippen LogP) is 0.686. The monoisotopic (exact) mass is 394 g/mol. The Bertz CT molecular complexity index is 1180. The van der Waals surface area contributed by atoms with Crippen LogP contribution >= 0.6 is 0 Å². The highest BCUT2D eigenvalue weighted by Gasteiger charge is 2.19. The fourth-order valence-electron chi connectivity index (χ4n) is 2.84. The molecule has 1 aliphatic rings. The van der Waals surface area contributed by atoms with Crippen LogP contribution in [0.1, 0.15) is 32.2 Å². The van der Waals surface area contributed by atoms with E-state index in [4.69, 9.17) is 10.1 Å². The molecule has 146 valence electrons. The molecule has 4 N–H and O–H groups in total. The Balaban J connectivity index is 1.56. The molecule has 11 heteroatoms. The quantitative estimate of drug-likeness (QED) is 0.463. The topological polar surface area (TPSA) is 159 Å². The van der Waals surface area contributed by atoms with Crippen molar-refractivity contribution in [1.29, 1.82) is 5.41 Å². The van der Waals surface area contributed by atoms with Gasteiger partial charge in [0.05, 0.1) is 5.69 Å². The van der Waals surface area contributed by atoms with Gasteiger partial charge in [0, 0.05) is 24.9 Å². The minimum atomic E-state index is -1.28. The molecule has 0 spiro atoms. The Kier molecular flexibility index (Phi) is 4.39. The lowest BCUT2D eigenvalue weighted by Gasteiger charge is -2.18. The summed E-state index contributed by atoms with van der Waals surface area (Å²) in [7, 11) is 0. The second-order valence-corrected chi connectivity index (χ2v) is 6.17. The van der Waals surface area contributed by atoms with Gasteiger partial charge in [0.15, 0.2) is 17.9 Å². The van der Waals surface area contributed by atoms with Crippen LogP contribution in [0.3, 0.4) is 0 Å². The van der Waals surface area contributed by atoms with E-state index in [-0.39, 0.29) is 41.8 Å². The molecule has 0 bridgehead atoms. The van der Waals surface area contributed by atoms with E-state index < -0.39 is 11.9 Å². The predicted molar refractivity (Wildman–Crippen MR) is 99.6 cm³/mol. The van der Waals surface area contributed by atoms with E-state index in [1.54, 1.807) is 18.2 Å². The third-order valence-corrected chi connectivity index (χ3v) is 4.18. The number of benzene rings is 1. The van der Waals surface area contributed by atoms with Crippen LogP contribution < -0.4 is 15.4 Å². The fraction of sp³-hybridized carbons (Fsp3) is 0.111.